The van der Waals surface area contributed by atoms with E-state index in [9.17, 15) is 4.79 Å². The lowest BCUT2D eigenvalue weighted by Crippen LogP contribution is -2.09. The summed E-state index contributed by atoms with van der Waals surface area (Å²) in [7, 11) is 0. The molecule has 0 radical (unpaired) electrons. The SMILES string of the molecule is C1CCCCC1.C=C/C(=C\C=C/C)CCCCC(CC)C(C)=O. The first-order chi connectivity index (χ1) is 11.2. The molecule has 132 valence electrons. The summed E-state index contributed by atoms with van der Waals surface area (Å²) in [4.78, 5) is 11.3. The minimum atomic E-state index is 0.265. The van der Waals surface area contributed by atoms with Crippen LogP contribution in [-0.2, 0) is 4.79 Å². The first-order valence-electron chi connectivity index (χ1n) is 9.60. The Labute approximate surface area is 144 Å². The van der Waals surface area contributed by atoms with Crippen LogP contribution in [0.15, 0.2) is 36.5 Å². The monoisotopic (exact) mass is 318 g/mol. The number of ketones is 1. The largest absolute Gasteiger partial charge is 0.300 e. The molecule has 0 N–H and O–H groups in total. The molecule has 0 bridgehead atoms. The molecule has 1 nitrogen and oxygen atoms in total. The van der Waals surface area contributed by atoms with E-state index in [0.717, 1.165) is 32.1 Å². The molecule has 1 fully saturated rings. The second-order valence-corrected chi connectivity index (χ2v) is 6.55. The van der Waals surface area contributed by atoms with Gasteiger partial charge in [0.15, 0.2) is 0 Å². The average Bonchev–Trinajstić information content (AvgIpc) is 2.59. The maximum Gasteiger partial charge on any atom is 0.132 e. The zero-order valence-corrected chi connectivity index (χ0v) is 15.8. The van der Waals surface area contributed by atoms with Gasteiger partial charge in [0.25, 0.3) is 0 Å². The molecule has 0 saturated heterocycles. The van der Waals surface area contributed by atoms with Gasteiger partial charge in [-0.15, -0.1) is 0 Å². The summed E-state index contributed by atoms with van der Waals surface area (Å²) in [6.07, 6.45) is 22.4. The van der Waals surface area contributed by atoms with Crippen molar-refractivity contribution in [1.82, 2.24) is 0 Å². The smallest absolute Gasteiger partial charge is 0.132 e. The summed E-state index contributed by atoms with van der Waals surface area (Å²) >= 11 is 0. The highest BCUT2D eigenvalue weighted by Crippen LogP contribution is 2.17. The standard InChI is InChI=1S/C16H26O.C6H12/c1-5-8-11-15(6-2)12-9-10-13-16(7-3)14(4)17;1-2-4-6-5-3-1/h5-6,8,11,16H,2,7,9-10,12-13H2,1,3-4H3;1-6H2/b8-5-,15-11+;. The van der Waals surface area contributed by atoms with Crippen molar-refractivity contribution in [3.63, 3.8) is 0 Å². The molecule has 23 heavy (non-hydrogen) atoms. The Hall–Kier alpha value is -1.11. The van der Waals surface area contributed by atoms with Crippen LogP contribution < -0.4 is 0 Å². The average molecular weight is 319 g/mol. The van der Waals surface area contributed by atoms with Crippen molar-refractivity contribution in [3.05, 3.63) is 36.5 Å². The molecule has 0 aliphatic heterocycles. The van der Waals surface area contributed by atoms with Crippen LogP contribution in [0.1, 0.15) is 91.4 Å². The molecule has 0 aromatic heterocycles. The number of allylic oxidation sites excluding steroid dienone is 5. The molecule has 0 heterocycles. The lowest BCUT2D eigenvalue weighted by Gasteiger charge is -2.10. The van der Waals surface area contributed by atoms with E-state index in [1.165, 1.54) is 44.1 Å². The number of hydrogen-bond acceptors (Lipinski definition) is 1. The zero-order chi connectivity index (χ0) is 17.3. The molecule has 0 spiro atoms. The summed E-state index contributed by atoms with van der Waals surface area (Å²) in [5.41, 5.74) is 1.28. The van der Waals surface area contributed by atoms with Crippen molar-refractivity contribution < 1.29 is 4.79 Å². The molecule has 1 atom stereocenters. The molecule has 1 unspecified atom stereocenters. The van der Waals surface area contributed by atoms with Gasteiger partial charge in [0.05, 0.1) is 0 Å². The molecule has 1 heteroatoms. The third-order valence-corrected chi connectivity index (χ3v) is 4.60. The normalized spacial score (nSPS) is 16.6. The zero-order valence-electron chi connectivity index (χ0n) is 15.8. The van der Waals surface area contributed by atoms with Crippen molar-refractivity contribution in [2.75, 3.05) is 0 Å². The Morgan fingerprint density at radius 2 is 1.65 bits per heavy atom. The lowest BCUT2D eigenvalue weighted by molar-refractivity contribution is -0.121. The fraction of sp³-hybridized carbons (Fsp3) is 0.682. The maximum absolute atomic E-state index is 11.3. The predicted octanol–water partition coefficient (Wildman–Crippen LogP) is 7.19. The second-order valence-electron chi connectivity index (χ2n) is 6.55. The van der Waals surface area contributed by atoms with Gasteiger partial charge in [-0.25, -0.2) is 0 Å². The number of rotatable bonds is 9. The second kappa shape index (κ2) is 15.8. The first-order valence-corrected chi connectivity index (χ1v) is 9.60. The van der Waals surface area contributed by atoms with Gasteiger partial charge in [-0.1, -0.05) is 82.8 Å². The van der Waals surface area contributed by atoms with Crippen LogP contribution in [0.2, 0.25) is 0 Å². The molecule has 0 amide bonds. The van der Waals surface area contributed by atoms with Gasteiger partial charge in [0, 0.05) is 5.92 Å². The van der Waals surface area contributed by atoms with Gasteiger partial charge >= 0.3 is 0 Å². The predicted molar refractivity (Wildman–Crippen MR) is 104 cm³/mol. The highest BCUT2D eigenvalue weighted by molar-refractivity contribution is 5.78. The van der Waals surface area contributed by atoms with Crippen LogP contribution in [0, 0.1) is 5.92 Å². The van der Waals surface area contributed by atoms with Crippen LogP contribution in [0.4, 0.5) is 0 Å². The quantitative estimate of drug-likeness (QED) is 0.325. The van der Waals surface area contributed by atoms with E-state index in [4.69, 9.17) is 0 Å². The molecule has 1 saturated carbocycles. The molecule has 0 aromatic rings. The highest BCUT2D eigenvalue weighted by atomic mass is 16.1. The number of Topliss-reactive ketones (excluding diaryl/α,β-unsaturated/α-hetero) is 1. The van der Waals surface area contributed by atoms with Gasteiger partial charge < -0.3 is 0 Å². The van der Waals surface area contributed by atoms with Gasteiger partial charge in [0.1, 0.15) is 5.78 Å². The van der Waals surface area contributed by atoms with E-state index in [1.807, 2.05) is 25.2 Å². The Morgan fingerprint density at radius 3 is 2.04 bits per heavy atom. The summed E-state index contributed by atoms with van der Waals surface area (Å²) in [6.45, 7) is 9.62. The van der Waals surface area contributed by atoms with E-state index >= 15 is 0 Å². The summed E-state index contributed by atoms with van der Waals surface area (Å²) < 4.78 is 0. The Kier molecular flexibility index (Phi) is 15.0. The minimum absolute atomic E-state index is 0.265. The first kappa shape index (κ1) is 21.9. The van der Waals surface area contributed by atoms with Crippen LogP contribution in [-0.4, -0.2) is 5.78 Å². The van der Waals surface area contributed by atoms with E-state index in [-0.39, 0.29) is 5.92 Å². The van der Waals surface area contributed by atoms with Gasteiger partial charge in [-0.2, -0.15) is 0 Å². The van der Waals surface area contributed by atoms with E-state index in [0.29, 0.717) is 5.78 Å². The van der Waals surface area contributed by atoms with Crippen LogP contribution >= 0.6 is 0 Å². The molecular formula is C22H38O. The minimum Gasteiger partial charge on any atom is -0.300 e. The van der Waals surface area contributed by atoms with Crippen molar-refractivity contribution in [1.29, 1.82) is 0 Å². The summed E-state index contributed by atoms with van der Waals surface area (Å²) in [5.74, 6) is 0.600. The Morgan fingerprint density at radius 1 is 1.09 bits per heavy atom. The van der Waals surface area contributed by atoms with Gasteiger partial charge in [-0.3, -0.25) is 4.79 Å². The number of carbonyl (C=O) groups is 1. The molecule has 1 rings (SSSR count). The summed E-state index contributed by atoms with van der Waals surface area (Å²) in [6, 6.07) is 0. The third kappa shape index (κ3) is 13.1. The van der Waals surface area contributed by atoms with Gasteiger partial charge in [0.2, 0.25) is 0 Å². The summed E-state index contributed by atoms with van der Waals surface area (Å²) in [5, 5.41) is 0. The third-order valence-electron chi connectivity index (χ3n) is 4.60. The molecule has 0 aromatic carbocycles. The maximum atomic E-state index is 11.3. The topological polar surface area (TPSA) is 17.1 Å². The van der Waals surface area contributed by atoms with Crippen molar-refractivity contribution >= 4 is 5.78 Å². The van der Waals surface area contributed by atoms with E-state index in [2.05, 4.69) is 19.6 Å². The molecule has 1 aliphatic carbocycles. The Bertz CT molecular complexity index is 347. The number of hydrogen-bond donors (Lipinski definition) is 0. The van der Waals surface area contributed by atoms with Crippen molar-refractivity contribution in [2.45, 2.75) is 91.4 Å². The van der Waals surface area contributed by atoms with Gasteiger partial charge in [-0.05, 0) is 45.1 Å². The fourth-order valence-corrected chi connectivity index (χ4v) is 2.95. The van der Waals surface area contributed by atoms with Crippen molar-refractivity contribution in [3.8, 4) is 0 Å². The Balaban J connectivity index is 0.000000664. The lowest BCUT2D eigenvalue weighted by atomic mass is 9.94. The number of unbranched alkanes of at least 4 members (excludes halogenated alkanes) is 1. The molecular weight excluding hydrogens is 280 g/mol. The molecule has 1 aliphatic rings. The van der Waals surface area contributed by atoms with Crippen LogP contribution in [0.3, 0.4) is 0 Å². The van der Waals surface area contributed by atoms with Crippen LogP contribution in [0.5, 0.6) is 0 Å². The fourth-order valence-electron chi connectivity index (χ4n) is 2.95. The van der Waals surface area contributed by atoms with E-state index < -0.39 is 0 Å². The van der Waals surface area contributed by atoms with E-state index in [1.54, 1.807) is 6.92 Å². The number of carbonyl (C=O) groups excluding carboxylic acids is 1. The highest BCUT2D eigenvalue weighted by Gasteiger charge is 2.10. The van der Waals surface area contributed by atoms with Crippen LogP contribution in [0.25, 0.3) is 0 Å². The van der Waals surface area contributed by atoms with Crippen molar-refractivity contribution in [2.24, 2.45) is 5.92 Å².